The number of hydrogen-bond acceptors (Lipinski definition) is 5. The molecule has 4 aliphatic carbocycles. The van der Waals surface area contributed by atoms with Crippen molar-refractivity contribution >= 4 is 34.1 Å². The molecule has 0 aliphatic heterocycles. The summed E-state index contributed by atoms with van der Waals surface area (Å²) in [6.07, 6.45) is 6.18. The van der Waals surface area contributed by atoms with Crippen LogP contribution in [0.2, 0.25) is 0 Å². The standard InChI is InChI=1S/C22H30N2O4S/c1-21(2,3)28-20(27)23-12-17(25)16-4-5-29-18(16)24-19(26)22-9-13-6-14(10-22)8-15(7-13)11-22/h4-5,13-15H,6-12H2,1-3H3,(H,23,27)(H,24,26). The lowest BCUT2D eigenvalue weighted by Gasteiger charge is -2.55. The van der Waals surface area contributed by atoms with Crippen LogP contribution in [0.1, 0.15) is 69.7 Å². The highest BCUT2D eigenvalue weighted by Crippen LogP contribution is 2.60. The van der Waals surface area contributed by atoms with Gasteiger partial charge in [0, 0.05) is 0 Å². The van der Waals surface area contributed by atoms with E-state index in [-0.39, 0.29) is 23.7 Å². The van der Waals surface area contributed by atoms with Gasteiger partial charge in [0.05, 0.1) is 17.5 Å². The number of nitrogens with one attached hydrogen (secondary N) is 2. The molecule has 29 heavy (non-hydrogen) atoms. The number of anilines is 1. The Morgan fingerprint density at radius 3 is 2.24 bits per heavy atom. The molecule has 6 nitrogen and oxygen atoms in total. The van der Waals surface area contributed by atoms with Gasteiger partial charge in [-0.1, -0.05) is 0 Å². The third-order valence-electron chi connectivity index (χ3n) is 6.50. The molecule has 2 amide bonds. The van der Waals surface area contributed by atoms with E-state index in [0.717, 1.165) is 19.3 Å². The summed E-state index contributed by atoms with van der Waals surface area (Å²) >= 11 is 1.36. The summed E-state index contributed by atoms with van der Waals surface area (Å²) in [5.74, 6) is 1.91. The summed E-state index contributed by atoms with van der Waals surface area (Å²) in [4.78, 5) is 37.7. The van der Waals surface area contributed by atoms with Crippen molar-refractivity contribution in [1.82, 2.24) is 5.32 Å². The molecule has 4 bridgehead atoms. The monoisotopic (exact) mass is 418 g/mol. The van der Waals surface area contributed by atoms with Crippen molar-refractivity contribution in [2.75, 3.05) is 11.9 Å². The Bertz CT molecular complexity index is 788. The largest absolute Gasteiger partial charge is 0.444 e. The quantitative estimate of drug-likeness (QED) is 0.684. The Morgan fingerprint density at radius 1 is 1.10 bits per heavy atom. The minimum Gasteiger partial charge on any atom is -0.444 e. The third-order valence-corrected chi connectivity index (χ3v) is 7.33. The number of hydrogen-bond donors (Lipinski definition) is 2. The highest BCUT2D eigenvalue weighted by Gasteiger charge is 2.54. The van der Waals surface area contributed by atoms with Crippen LogP contribution in [-0.2, 0) is 9.53 Å². The molecule has 7 heteroatoms. The van der Waals surface area contributed by atoms with Crippen LogP contribution in [0.3, 0.4) is 0 Å². The van der Waals surface area contributed by atoms with Gasteiger partial charge >= 0.3 is 6.09 Å². The molecule has 1 aromatic heterocycles. The first-order valence-corrected chi connectivity index (χ1v) is 11.4. The molecule has 1 aromatic rings. The smallest absolute Gasteiger partial charge is 0.408 e. The zero-order valence-corrected chi connectivity index (χ0v) is 18.2. The number of Topliss-reactive ketones (excluding diaryl/α,β-unsaturated/α-hetero) is 1. The summed E-state index contributed by atoms with van der Waals surface area (Å²) in [6.45, 7) is 5.15. The molecule has 0 saturated heterocycles. The summed E-state index contributed by atoms with van der Waals surface area (Å²) in [5.41, 5.74) is -0.426. The third kappa shape index (κ3) is 4.34. The van der Waals surface area contributed by atoms with Gasteiger partial charge in [0.25, 0.3) is 0 Å². The van der Waals surface area contributed by atoms with E-state index in [4.69, 9.17) is 4.74 Å². The molecule has 2 N–H and O–H groups in total. The van der Waals surface area contributed by atoms with Gasteiger partial charge in [-0.2, -0.15) is 0 Å². The fourth-order valence-corrected chi connectivity index (χ4v) is 6.61. The molecule has 5 rings (SSSR count). The number of ether oxygens (including phenoxy) is 1. The van der Waals surface area contributed by atoms with Gasteiger partial charge in [0.2, 0.25) is 5.91 Å². The SMILES string of the molecule is CC(C)(C)OC(=O)NCC(=O)c1ccsc1NC(=O)C12CC3CC(CC(C3)C1)C2. The predicted molar refractivity (Wildman–Crippen MR) is 112 cm³/mol. The van der Waals surface area contributed by atoms with Crippen molar-refractivity contribution in [2.24, 2.45) is 23.2 Å². The van der Waals surface area contributed by atoms with Crippen molar-refractivity contribution in [3.63, 3.8) is 0 Å². The molecular formula is C22H30N2O4S. The second-order valence-corrected chi connectivity index (χ2v) is 11.0. The minimum absolute atomic E-state index is 0.0770. The van der Waals surface area contributed by atoms with Gasteiger partial charge in [0.15, 0.2) is 5.78 Å². The summed E-state index contributed by atoms with van der Waals surface area (Å²) < 4.78 is 5.17. The molecule has 4 saturated carbocycles. The zero-order chi connectivity index (χ0) is 20.8. The van der Waals surface area contributed by atoms with Crippen LogP contribution < -0.4 is 10.6 Å². The molecule has 4 aliphatic rings. The topological polar surface area (TPSA) is 84.5 Å². The Balaban J connectivity index is 1.39. The van der Waals surface area contributed by atoms with Crippen LogP contribution in [-0.4, -0.2) is 29.9 Å². The van der Waals surface area contributed by atoms with E-state index in [1.165, 1.54) is 30.6 Å². The molecule has 0 aromatic carbocycles. The van der Waals surface area contributed by atoms with E-state index in [0.29, 0.717) is 28.3 Å². The van der Waals surface area contributed by atoms with Crippen molar-refractivity contribution < 1.29 is 19.1 Å². The normalized spacial score (nSPS) is 30.1. The van der Waals surface area contributed by atoms with Gasteiger partial charge in [-0.25, -0.2) is 4.79 Å². The molecule has 0 radical (unpaired) electrons. The van der Waals surface area contributed by atoms with Crippen LogP contribution in [0.5, 0.6) is 0 Å². The lowest BCUT2D eigenvalue weighted by molar-refractivity contribution is -0.140. The average Bonchev–Trinajstić information content (AvgIpc) is 3.05. The lowest BCUT2D eigenvalue weighted by Crippen LogP contribution is -2.51. The van der Waals surface area contributed by atoms with Crippen LogP contribution in [0.4, 0.5) is 9.80 Å². The number of alkyl carbamates (subject to hydrolysis) is 1. The highest BCUT2D eigenvalue weighted by molar-refractivity contribution is 7.14. The Morgan fingerprint density at radius 2 is 1.69 bits per heavy atom. The second-order valence-electron chi connectivity index (χ2n) is 10.1. The lowest BCUT2D eigenvalue weighted by atomic mass is 9.49. The average molecular weight is 419 g/mol. The maximum Gasteiger partial charge on any atom is 0.408 e. The number of rotatable bonds is 5. The number of carbonyl (C=O) groups excluding carboxylic acids is 3. The number of thiophene rings is 1. The van der Waals surface area contributed by atoms with E-state index in [1.807, 2.05) is 0 Å². The Kier molecular flexibility index (Phi) is 5.21. The van der Waals surface area contributed by atoms with E-state index in [2.05, 4.69) is 10.6 Å². The van der Waals surface area contributed by atoms with Crippen molar-refractivity contribution in [1.29, 1.82) is 0 Å². The molecule has 1 heterocycles. The first-order valence-electron chi connectivity index (χ1n) is 10.5. The maximum absolute atomic E-state index is 13.3. The van der Waals surface area contributed by atoms with Crippen molar-refractivity contribution in [2.45, 2.75) is 64.9 Å². The fraction of sp³-hybridized carbons (Fsp3) is 0.682. The van der Waals surface area contributed by atoms with Crippen LogP contribution >= 0.6 is 11.3 Å². The van der Waals surface area contributed by atoms with Gasteiger partial charge in [-0.3, -0.25) is 9.59 Å². The molecule has 0 atom stereocenters. The van der Waals surface area contributed by atoms with Gasteiger partial charge < -0.3 is 15.4 Å². The van der Waals surface area contributed by atoms with Gasteiger partial charge in [-0.15, -0.1) is 11.3 Å². The summed E-state index contributed by atoms with van der Waals surface area (Å²) in [7, 11) is 0. The number of amides is 2. The van der Waals surface area contributed by atoms with E-state index >= 15 is 0 Å². The van der Waals surface area contributed by atoms with E-state index in [1.54, 1.807) is 32.2 Å². The second kappa shape index (κ2) is 7.42. The Hall–Kier alpha value is -1.89. The molecular weight excluding hydrogens is 388 g/mol. The molecule has 4 fully saturated rings. The van der Waals surface area contributed by atoms with E-state index < -0.39 is 11.7 Å². The van der Waals surface area contributed by atoms with Gasteiger partial charge in [-0.05, 0) is 88.5 Å². The number of carbonyl (C=O) groups is 3. The maximum atomic E-state index is 13.3. The zero-order valence-electron chi connectivity index (χ0n) is 17.4. The first kappa shape index (κ1) is 20.4. The van der Waals surface area contributed by atoms with Gasteiger partial charge in [0.1, 0.15) is 10.6 Å². The highest BCUT2D eigenvalue weighted by atomic mass is 32.1. The van der Waals surface area contributed by atoms with Crippen LogP contribution in [0.15, 0.2) is 11.4 Å². The first-order chi connectivity index (χ1) is 13.6. The number of ketones is 1. The molecule has 0 unspecified atom stereocenters. The summed E-state index contributed by atoms with van der Waals surface area (Å²) in [5, 5.41) is 7.95. The minimum atomic E-state index is -0.625. The van der Waals surface area contributed by atoms with E-state index in [9.17, 15) is 14.4 Å². The van der Waals surface area contributed by atoms with Crippen LogP contribution in [0, 0.1) is 23.2 Å². The van der Waals surface area contributed by atoms with Crippen LogP contribution in [0.25, 0.3) is 0 Å². The molecule has 0 spiro atoms. The summed E-state index contributed by atoms with van der Waals surface area (Å²) in [6, 6.07) is 1.71. The Labute approximate surface area is 175 Å². The fourth-order valence-electron chi connectivity index (χ4n) is 5.81. The van der Waals surface area contributed by atoms with Crippen molar-refractivity contribution in [3.8, 4) is 0 Å². The molecule has 158 valence electrons. The van der Waals surface area contributed by atoms with Crippen molar-refractivity contribution in [3.05, 3.63) is 17.0 Å². The predicted octanol–water partition coefficient (Wildman–Crippen LogP) is 4.61.